The van der Waals surface area contributed by atoms with Gasteiger partial charge in [-0.25, -0.2) is 9.07 Å². The fraction of sp³-hybridized carbons (Fsp3) is 0.375. The third kappa shape index (κ3) is 4.61. The third-order valence-corrected chi connectivity index (χ3v) is 3.67. The minimum absolute atomic E-state index is 0.00937. The number of aromatic nitrogens is 3. The van der Waals surface area contributed by atoms with Crippen molar-refractivity contribution in [3.63, 3.8) is 0 Å². The lowest BCUT2D eigenvalue weighted by molar-refractivity contribution is -0.121. The summed E-state index contributed by atoms with van der Waals surface area (Å²) in [6, 6.07) is 6.27. The Hall–Kier alpha value is -2.77. The van der Waals surface area contributed by atoms with E-state index in [-0.39, 0.29) is 30.1 Å². The van der Waals surface area contributed by atoms with E-state index in [1.807, 2.05) is 6.07 Å². The van der Waals surface area contributed by atoms with Crippen molar-refractivity contribution in [2.24, 2.45) is 5.92 Å². The van der Waals surface area contributed by atoms with E-state index in [9.17, 15) is 14.0 Å². The maximum atomic E-state index is 13.1. The Morgan fingerprint density at radius 3 is 2.92 bits per heavy atom. The molecular formula is C16H18FN5O2. The molecule has 2 aromatic rings. The van der Waals surface area contributed by atoms with Crippen molar-refractivity contribution in [1.29, 1.82) is 0 Å². The smallest absolute Gasteiger partial charge is 0.241 e. The first kappa shape index (κ1) is 16.1. The monoisotopic (exact) mass is 331 g/mol. The number of hydrogen-bond acceptors (Lipinski definition) is 4. The van der Waals surface area contributed by atoms with Crippen LogP contribution in [-0.4, -0.2) is 33.4 Å². The van der Waals surface area contributed by atoms with Crippen LogP contribution < -0.4 is 10.6 Å². The fourth-order valence-electron chi connectivity index (χ4n) is 2.25. The summed E-state index contributed by atoms with van der Waals surface area (Å²) in [5, 5.41) is 13.0. The van der Waals surface area contributed by atoms with Crippen LogP contribution in [0.4, 0.5) is 10.2 Å². The van der Waals surface area contributed by atoms with Crippen LogP contribution in [-0.2, 0) is 22.6 Å². The Morgan fingerprint density at radius 2 is 2.17 bits per heavy atom. The van der Waals surface area contributed by atoms with Crippen LogP contribution in [0.1, 0.15) is 18.4 Å². The average Bonchev–Trinajstić information content (AvgIpc) is 3.30. The molecule has 0 atom stereocenters. The Kier molecular flexibility index (Phi) is 4.83. The number of benzene rings is 1. The summed E-state index contributed by atoms with van der Waals surface area (Å²) in [5.74, 6) is -0.138. The van der Waals surface area contributed by atoms with Gasteiger partial charge in [-0.2, -0.15) is 0 Å². The largest absolute Gasteiger partial charge is 0.354 e. The molecule has 126 valence electrons. The Morgan fingerprint density at radius 1 is 1.33 bits per heavy atom. The second kappa shape index (κ2) is 7.20. The maximum absolute atomic E-state index is 13.1. The van der Waals surface area contributed by atoms with Crippen molar-refractivity contribution in [1.82, 2.24) is 20.3 Å². The minimum atomic E-state index is -0.290. The van der Waals surface area contributed by atoms with Crippen molar-refractivity contribution in [2.75, 3.05) is 11.9 Å². The van der Waals surface area contributed by atoms with E-state index in [2.05, 4.69) is 20.9 Å². The van der Waals surface area contributed by atoms with E-state index in [4.69, 9.17) is 0 Å². The van der Waals surface area contributed by atoms with Crippen LogP contribution in [0.5, 0.6) is 0 Å². The molecule has 1 aliphatic carbocycles. The summed E-state index contributed by atoms with van der Waals surface area (Å²) < 4.78 is 14.4. The van der Waals surface area contributed by atoms with Gasteiger partial charge < -0.3 is 10.6 Å². The molecule has 1 aromatic heterocycles. The SMILES string of the molecule is O=C(Cn1cc(NC(=O)C2CC2)nn1)NCCc1cccc(F)c1. The number of halogens is 1. The molecular weight excluding hydrogens is 313 g/mol. The molecule has 0 aliphatic heterocycles. The predicted octanol–water partition coefficient (Wildman–Crippen LogP) is 1.12. The number of carbonyl (C=O) groups is 2. The van der Waals surface area contributed by atoms with Gasteiger partial charge in [0.2, 0.25) is 11.8 Å². The first-order valence-electron chi connectivity index (χ1n) is 7.82. The summed E-state index contributed by atoms with van der Waals surface area (Å²) in [6.45, 7) is 0.414. The van der Waals surface area contributed by atoms with Gasteiger partial charge in [0.25, 0.3) is 0 Å². The molecule has 0 spiro atoms. The number of anilines is 1. The lowest BCUT2D eigenvalue weighted by Crippen LogP contribution is -2.29. The van der Waals surface area contributed by atoms with Gasteiger partial charge in [-0.15, -0.1) is 5.10 Å². The minimum Gasteiger partial charge on any atom is -0.354 e. The van der Waals surface area contributed by atoms with Crippen molar-refractivity contribution in [3.8, 4) is 0 Å². The third-order valence-electron chi connectivity index (χ3n) is 3.67. The van der Waals surface area contributed by atoms with Gasteiger partial charge in [0.15, 0.2) is 5.82 Å². The number of rotatable bonds is 7. The zero-order chi connectivity index (χ0) is 16.9. The molecule has 1 heterocycles. The van der Waals surface area contributed by atoms with Crippen molar-refractivity contribution < 1.29 is 14.0 Å². The average molecular weight is 331 g/mol. The van der Waals surface area contributed by atoms with Gasteiger partial charge >= 0.3 is 0 Å². The molecule has 2 N–H and O–H groups in total. The zero-order valence-electron chi connectivity index (χ0n) is 13.0. The molecule has 7 nitrogen and oxygen atoms in total. The van der Waals surface area contributed by atoms with Gasteiger partial charge in [-0.05, 0) is 37.0 Å². The first-order chi connectivity index (χ1) is 11.6. The van der Waals surface area contributed by atoms with Crippen LogP contribution in [0.25, 0.3) is 0 Å². The highest BCUT2D eigenvalue weighted by molar-refractivity contribution is 5.93. The zero-order valence-corrected chi connectivity index (χ0v) is 13.0. The number of nitrogens with zero attached hydrogens (tertiary/aromatic N) is 3. The molecule has 1 saturated carbocycles. The van der Waals surface area contributed by atoms with E-state index >= 15 is 0 Å². The Bertz CT molecular complexity index is 742. The molecule has 0 bridgehead atoms. The number of carbonyl (C=O) groups excluding carboxylic acids is 2. The van der Waals surface area contributed by atoms with Crippen LogP contribution in [0.3, 0.4) is 0 Å². The summed E-state index contributed by atoms with van der Waals surface area (Å²) in [4.78, 5) is 23.5. The first-order valence-corrected chi connectivity index (χ1v) is 7.82. The van der Waals surface area contributed by atoms with Crippen molar-refractivity contribution in [3.05, 3.63) is 41.8 Å². The number of amides is 2. The van der Waals surface area contributed by atoms with E-state index in [1.165, 1.54) is 23.0 Å². The molecule has 1 fully saturated rings. The second-order valence-electron chi connectivity index (χ2n) is 5.79. The molecule has 24 heavy (non-hydrogen) atoms. The van der Waals surface area contributed by atoms with Crippen LogP contribution >= 0.6 is 0 Å². The number of hydrogen-bond donors (Lipinski definition) is 2. The fourth-order valence-corrected chi connectivity index (χ4v) is 2.25. The molecule has 3 rings (SSSR count). The molecule has 0 unspecified atom stereocenters. The van der Waals surface area contributed by atoms with E-state index in [1.54, 1.807) is 6.07 Å². The summed E-state index contributed by atoms with van der Waals surface area (Å²) in [5.41, 5.74) is 0.820. The highest BCUT2D eigenvalue weighted by Crippen LogP contribution is 2.29. The molecule has 0 saturated heterocycles. The summed E-state index contributed by atoms with van der Waals surface area (Å²) in [7, 11) is 0. The molecule has 2 amide bonds. The highest BCUT2D eigenvalue weighted by Gasteiger charge is 2.30. The van der Waals surface area contributed by atoms with Gasteiger partial charge in [-0.1, -0.05) is 17.3 Å². The van der Waals surface area contributed by atoms with Crippen LogP contribution in [0.2, 0.25) is 0 Å². The van der Waals surface area contributed by atoms with Gasteiger partial charge in [-0.3, -0.25) is 9.59 Å². The number of nitrogens with one attached hydrogen (secondary N) is 2. The van der Waals surface area contributed by atoms with Crippen LogP contribution in [0.15, 0.2) is 30.5 Å². The second-order valence-corrected chi connectivity index (χ2v) is 5.79. The Balaban J connectivity index is 1.41. The molecule has 0 radical (unpaired) electrons. The van der Waals surface area contributed by atoms with Gasteiger partial charge in [0.1, 0.15) is 12.4 Å². The van der Waals surface area contributed by atoms with Crippen molar-refractivity contribution >= 4 is 17.6 Å². The topological polar surface area (TPSA) is 88.9 Å². The normalized spacial score (nSPS) is 13.5. The van der Waals surface area contributed by atoms with Gasteiger partial charge in [0, 0.05) is 12.5 Å². The molecule has 1 aliphatic rings. The van der Waals surface area contributed by atoms with Gasteiger partial charge in [0.05, 0.1) is 6.20 Å². The standard InChI is InChI=1S/C16H18FN5O2/c17-13-3-1-2-11(8-13)6-7-18-15(23)10-22-9-14(20-21-22)19-16(24)12-4-5-12/h1-3,8-9,12H,4-7,10H2,(H,18,23)(H,19,24). The quantitative estimate of drug-likeness (QED) is 0.796. The Labute approximate surface area is 138 Å². The lowest BCUT2D eigenvalue weighted by atomic mass is 10.1. The summed E-state index contributed by atoms with van der Waals surface area (Å²) >= 11 is 0. The predicted molar refractivity (Wildman–Crippen MR) is 84.5 cm³/mol. The lowest BCUT2D eigenvalue weighted by Gasteiger charge is -2.05. The maximum Gasteiger partial charge on any atom is 0.241 e. The van der Waals surface area contributed by atoms with Crippen molar-refractivity contribution in [2.45, 2.75) is 25.8 Å². The molecule has 1 aromatic carbocycles. The molecule has 8 heteroatoms. The van der Waals surface area contributed by atoms with E-state index < -0.39 is 0 Å². The van der Waals surface area contributed by atoms with E-state index in [0.717, 1.165) is 18.4 Å². The highest BCUT2D eigenvalue weighted by atomic mass is 19.1. The summed E-state index contributed by atoms with van der Waals surface area (Å²) in [6.07, 6.45) is 3.89. The van der Waals surface area contributed by atoms with Crippen LogP contribution in [0, 0.1) is 11.7 Å². The van der Waals surface area contributed by atoms with E-state index in [0.29, 0.717) is 18.8 Å².